The van der Waals surface area contributed by atoms with Gasteiger partial charge < -0.3 is 54.3 Å². The van der Waals surface area contributed by atoms with Crippen molar-refractivity contribution in [3.05, 3.63) is 84.2 Å². The summed E-state index contributed by atoms with van der Waals surface area (Å²) in [6, 6.07) is 20.4. The molecular weight excluding hydrogens is 937 g/mol. The van der Waals surface area contributed by atoms with E-state index >= 15 is 0 Å². The molecule has 4 aromatic rings. The summed E-state index contributed by atoms with van der Waals surface area (Å²) in [6.07, 6.45) is 16.4. The van der Waals surface area contributed by atoms with E-state index in [1.165, 1.54) is 17.5 Å². The fourth-order valence-corrected chi connectivity index (χ4v) is 11.2. The van der Waals surface area contributed by atoms with E-state index in [4.69, 9.17) is 33.8 Å². The van der Waals surface area contributed by atoms with Crippen LogP contribution in [0.15, 0.2) is 73.1 Å². The predicted molar refractivity (Wildman–Crippen MR) is 289 cm³/mol. The number of ether oxygens (including phenoxy) is 5. The van der Waals surface area contributed by atoms with Gasteiger partial charge in [-0.1, -0.05) is 61.7 Å². The fraction of sp³-hybridized carbons (Fsp3) is 0.632. The Morgan fingerprint density at radius 2 is 1.49 bits per heavy atom. The Morgan fingerprint density at radius 3 is 2.20 bits per heavy atom. The number of likely N-dealkylation sites (N-methyl/N-ethyl adjacent to an activating group) is 1. The maximum atomic E-state index is 14.2. The second-order valence-electron chi connectivity index (χ2n) is 20.9. The highest BCUT2D eigenvalue weighted by atomic mass is 16.6. The average Bonchev–Trinajstić information content (AvgIpc) is 4.06. The summed E-state index contributed by atoms with van der Waals surface area (Å²) < 4.78 is 31.3. The van der Waals surface area contributed by atoms with E-state index in [0.29, 0.717) is 77.3 Å². The highest BCUT2D eigenvalue weighted by Gasteiger charge is 2.44. The maximum Gasteiger partial charge on any atom is 0.245 e. The summed E-state index contributed by atoms with van der Waals surface area (Å²) in [5, 5.41) is 14.5. The molecular formula is C57H84N10O7. The number of likely N-dealkylation sites (tertiary alicyclic amines) is 2. The third-order valence-corrected chi connectivity index (χ3v) is 15.6. The van der Waals surface area contributed by atoms with Crippen LogP contribution < -0.4 is 25.6 Å². The second kappa shape index (κ2) is 28.7. The maximum absolute atomic E-state index is 14.2. The van der Waals surface area contributed by atoms with Crippen LogP contribution in [0.3, 0.4) is 0 Å². The molecule has 74 heavy (non-hydrogen) atoms. The van der Waals surface area contributed by atoms with Crippen molar-refractivity contribution in [3.63, 3.8) is 0 Å². The largest absolute Gasteiger partial charge is 0.491 e. The van der Waals surface area contributed by atoms with Crippen molar-refractivity contribution in [2.24, 2.45) is 11.8 Å². The number of nitrogens with one attached hydrogen (secondary N) is 3. The number of nitrogens with zero attached hydrogens (tertiary/aromatic N) is 7. The Hall–Kier alpha value is -5.17. The Kier molecular flexibility index (Phi) is 21.3. The molecule has 2 aliphatic carbocycles. The molecule has 17 nitrogen and oxygen atoms in total. The lowest BCUT2D eigenvalue weighted by molar-refractivity contribution is -0.140. The molecule has 0 spiro atoms. The minimum atomic E-state index is -0.433. The molecule has 4 atom stereocenters. The lowest BCUT2D eigenvalue weighted by Crippen LogP contribution is -2.58. The number of carbonyl (C=O) groups is 2. The standard InChI is InChI=1S/C57H84N10O7/c1-42(58-2)54(68)63-53(46-13-9-6-10-14-46)56(69)66-30-26-45-25-29-65(41-52(45)66)28-24-43-15-19-48(20-16-43)73-37-35-71-33-31-70-32-34-72-36-38-74-49-21-17-47(18-22-49)61-57-59-27-23-51(62-57)50-39-60-67(55(50)64(3)4)40-44-11-7-5-8-12-44/h5,7-8,11-12,15-16,19-20,23,27,39,42,45-47,49,52-53,58H,6,9-10,13-14,17-18,21-22,24-26,28-38,40-41H2,1-4H3,(H,63,68)(H,59,61,62)/t42-,45-,47?,49?,52-,53?/m0/s1. The number of piperidine rings is 1. The molecule has 1 unspecified atom stereocenters. The number of hydrogen-bond acceptors (Lipinski definition) is 14. The minimum Gasteiger partial charge on any atom is -0.491 e. The Labute approximate surface area is 439 Å². The van der Waals surface area contributed by atoms with Gasteiger partial charge >= 0.3 is 0 Å². The number of amides is 2. The van der Waals surface area contributed by atoms with Crippen LogP contribution >= 0.6 is 0 Å². The summed E-state index contributed by atoms with van der Waals surface area (Å²) in [5.74, 6) is 3.26. The molecule has 0 radical (unpaired) electrons. The number of aromatic nitrogens is 4. The molecule has 4 heterocycles. The van der Waals surface area contributed by atoms with E-state index in [0.717, 1.165) is 120 Å². The smallest absolute Gasteiger partial charge is 0.245 e. The van der Waals surface area contributed by atoms with Gasteiger partial charge in [0.05, 0.1) is 82.4 Å². The fourth-order valence-electron chi connectivity index (χ4n) is 11.2. The van der Waals surface area contributed by atoms with Gasteiger partial charge in [0.15, 0.2) is 0 Å². The van der Waals surface area contributed by atoms with Crippen LogP contribution in [0.2, 0.25) is 0 Å². The van der Waals surface area contributed by atoms with Crippen molar-refractivity contribution in [3.8, 4) is 17.0 Å². The van der Waals surface area contributed by atoms with E-state index in [1.807, 2.05) is 62.4 Å². The molecule has 4 aliphatic rings. The number of benzene rings is 2. The molecule has 2 amide bonds. The van der Waals surface area contributed by atoms with E-state index < -0.39 is 6.04 Å². The summed E-state index contributed by atoms with van der Waals surface area (Å²) in [6.45, 7) is 10.3. The first-order chi connectivity index (χ1) is 36.2. The lowest BCUT2D eigenvalue weighted by atomic mass is 9.83. The number of carbonyl (C=O) groups excluding carboxylic acids is 2. The van der Waals surface area contributed by atoms with Gasteiger partial charge in [-0.25, -0.2) is 14.6 Å². The van der Waals surface area contributed by atoms with Gasteiger partial charge in [-0.05, 0) is 119 Å². The third-order valence-electron chi connectivity index (χ3n) is 15.6. The molecule has 8 rings (SSSR count). The minimum absolute atomic E-state index is 0.0882. The molecule has 0 bridgehead atoms. The zero-order valence-electron chi connectivity index (χ0n) is 44.6. The van der Waals surface area contributed by atoms with Crippen molar-refractivity contribution in [2.45, 2.75) is 121 Å². The predicted octanol–water partition coefficient (Wildman–Crippen LogP) is 6.46. The van der Waals surface area contributed by atoms with Crippen LogP contribution in [0.4, 0.5) is 11.8 Å². The van der Waals surface area contributed by atoms with Crippen LogP contribution in [0.5, 0.6) is 5.75 Å². The lowest BCUT2D eigenvalue weighted by Gasteiger charge is -2.41. The average molecular weight is 1020 g/mol. The molecule has 2 aromatic carbocycles. The number of hydrogen-bond donors (Lipinski definition) is 3. The van der Waals surface area contributed by atoms with Gasteiger partial charge in [-0.2, -0.15) is 5.10 Å². The van der Waals surface area contributed by atoms with Crippen molar-refractivity contribution in [1.29, 1.82) is 0 Å². The van der Waals surface area contributed by atoms with Gasteiger partial charge in [-0.15, -0.1) is 0 Å². The van der Waals surface area contributed by atoms with E-state index in [9.17, 15) is 9.59 Å². The van der Waals surface area contributed by atoms with Gasteiger partial charge in [0.25, 0.3) is 0 Å². The molecule has 3 N–H and O–H groups in total. The normalized spacial score (nSPS) is 21.2. The van der Waals surface area contributed by atoms with E-state index in [-0.39, 0.29) is 35.9 Å². The highest BCUT2D eigenvalue weighted by Crippen LogP contribution is 2.35. The van der Waals surface area contributed by atoms with Gasteiger partial charge in [0.2, 0.25) is 17.8 Å². The number of fused-ring (bicyclic) bond motifs is 1. The zero-order valence-corrected chi connectivity index (χ0v) is 44.6. The molecule has 2 saturated carbocycles. The number of rotatable bonds is 28. The monoisotopic (exact) mass is 1020 g/mol. The SMILES string of the molecule is CN[C@@H](C)C(=O)NC(C(=O)N1CC[C@@H]2CCN(CCc3ccc(OCCOCCOCCOCCOC4CCC(Nc5nccc(-c6cnn(Cc7ccccc7)c6N(C)C)n5)CC4)cc3)C[C@@H]21)C1CCCCC1. The summed E-state index contributed by atoms with van der Waals surface area (Å²) >= 11 is 0. The Balaban J connectivity index is 0.629. The van der Waals surface area contributed by atoms with Gasteiger partial charge in [0.1, 0.15) is 24.2 Å². The van der Waals surface area contributed by atoms with Crippen LogP contribution in [0.1, 0.15) is 88.7 Å². The second-order valence-corrected chi connectivity index (χ2v) is 20.9. The third kappa shape index (κ3) is 15.9. The van der Waals surface area contributed by atoms with Crippen LogP contribution in [-0.4, -0.2) is 172 Å². The molecule has 2 aromatic heterocycles. The topological polar surface area (TPSA) is 170 Å². The summed E-state index contributed by atoms with van der Waals surface area (Å²) in [5.41, 5.74) is 4.28. The highest BCUT2D eigenvalue weighted by molar-refractivity contribution is 5.90. The van der Waals surface area contributed by atoms with Crippen molar-refractivity contribution >= 4 is 23.6 Å². The van der Waals surface area contributed by atoms with E-state index in [1.54, 1.807) is 7.05 Å². The van der Waals surface area contributed by atoms with Gasteiger partial charge in [0, 0.05) is 52.0 Å². The van der Waals surface area contributed by atoms with Crippen LogP contribution in [-0.2, 0) is 41.5 Å². The van der Waals surface area contributed by atoms with Crippen molar-refractivity contribution in [1.82, 2.24) is 40.2 Å². The van der Waals surface area contributed by atoms with Crippen molar-refractivity contribution < 1.29 is 33.3 Å². The Morgan fingerprint density at radius 1 is 0.784 bits per heavy atom. The Bertz CT molecular complexity index is 2290. The summed E-state index contributed by atoms with van der Waals surface area (Å²) in [4.78, 5) is 43.4. The molecule has 404 valence electrons. The number of anilines is 2. The first-order valence-corrected chi connectivity index (χ1v) is 27.7. The zero-order chi connectivity index (χ0) is 51.5. The van der Waals surface area contributed by atoms with Crippen LogP contribution in [0.25, 0.3) is 11.3 Å². The molecule has 2 saturated heterocycles. The first-order valence-electron chi connectivity index (χ1n) is 27.7. The van der Waals surface area contributed by atoms with Crippen molar-refractivity contribution in [2.75, 3.05) is 110 Å². The van der Waals surface area contributed by atoms with E-state index in [2.05, 4.69) is 72.0 Å². The molecule has 2 aliphatic heterocycles. The molecule has 17 heteroatoms. The molecule has 4 fully saturated rings. The van der Waals surface area contributed by atoms with Crippen LogP contribution in [0, 0.1) is 11.8 Å². The van der Waals surface area contributed by atoms with Gasteiger partial charge in [-0.3, -0.25) is 9.59 Å². The summed E-state index contributed by atoms with van der Waals surface area (Å²) in [7, 11) is 5.86. The quantitative estimate of drug-likeness (QED) is 0.0530. The first kappa shape index (κ1) is 55.1.